The van der Waals surface area contributed by atoms with Crippen LogP contribution in [0.2, 0.25) is 0 Å². The van der Waals surface area contributed by atoms with Gasteiger partial charge in [-0.25, -0.2) is 27.7 Å². The van der Waals surface area contributed by atoms with Gasteiger partial charge in [0.05, 0.1) is 9.79 Å². The zero-order valence-electron chi connectivity index (χ0n) is 25.9. The van der Waals surface area contributed by atoms with Crippen LogP contribution in [-0.2, 0) is 52.6 Å². The van der Waals surface area contributed by atoms with Crippen LogP contribution in [0.3, 0.4) is 0 Å². The summed E-state index contributed by atoms with van der Waals surface area (Å²) < 4.78 is 48.7. The van der Waals surface area contributed by atoms with Gasteiger partial charge in [-0.3, -0.25) is 9.97 Å². The summed E-state index contributed by atoms with van der Waals surface area (Å²) in [5.41, 5.74) is 20.0. The SMILES string of the molecule is Nc1ccc(S(=O)(=O)NNCc2ccc(O)c3ncccc23)cc1.Nc1ccc(S(=O)(=O)NNCc2ccc(O)c3ncccc23)cc1.[Zn]. The van der Waals surface area contributed by atoms with E-state index in [-0.39, 0.29) is 53.9 Å². The molecule has 250 valence electrons. The van der Waals surface area contributed by atoms with E-state index in [1.54, 1.807) is 36.7 Å². The predicted octanol–water partition coefficient (Wildman–Crippen LogP) is 3.01. The largest absolute Gasteiger partial charge is 0.506 e. The summed E-state index contributed by atoms with van der Waals surface area (Å²) in [4.78, 5) is 13.1. The van der Waals surface area contributed by atoms with Gasteiger partial charge >= 0.3 is 0 Å². The number of phenols is 2. The number of aromatic hydroxyl groups is 2. The molecule has 17 heteroatoms. The number of aromatic nitrogens is 2. The van der Waals surface area contributed by atoms with Crippen molar-refractivity contribution in [2.45, 2.75) is 22.9 Å². The molecule has 0 saturated carbocycles. The van der Waals surface area contributed by atoms with E-state index in [4.69, 9.17) is 11.5 Å². The van der Waals surface area contributed by atoms with E-state index in [9.17, 15) is 27.0 Å². The molecule has 0 atom stereocenters. The molecule has 0 spiro atoms. The molecular formula is C32H32N8O6S2Zn. The topological polar surface area (TPSA) is 235 Å². The van der Waals surface area contributed by atoms with Crippen LogP contribution in [0, 0.1) is 0 Å². The van der Waals surface area contributed by atoms with Crippen molar-refractivity contribution >= 4 is 53.2 Å². The van der Waals surface area contributed by atoms with Gasteiger partial charge in [0, 0.05) is 67.1 Å². The fourth-order valence-corrected chi connectivity index (χ4v) is 6.36. The van der Waals surface area contributed by atoms with Gasteiger partial charge in [-0.05, 0) is 83.9 Å². The molecule has 0 bridgehead atoms. The number of hydrogen-bond donors (Lipinski definition) is 8. The smallest absolute Gasteiger partial charge is 0.253 e. The second-order valence-corrected chi connectivity index (χ2v) is 13.7. The van der Waals surface area contributed by atoms with Crippen LogP contribution in [0.1, 0.15) is 11.1 Å². The van der Waals surface area contributed by atoms with Gasteiger partial charge < -0.3 is 21.7 Å². The Morgan fingerprint density at radius 2 is 0.918 bits per heavy atom. The minimum absolute atomic E-state index is 0. The molecule has 10 N–H and O–H groups in total. The van der Waals surface area contributed by atoms with Gasteiger partial charge in [0.25, 0.3) is 20.0 Å². The molecule has 14 nitrogen and oxygen atoms in total. The molecular weight excluding hydrogens is 722 g/mol. The predicted molar refractivity (Wildman–Crippen MR) is 183 cm³/mol. The number of benzene rings is 4. The number of nitrogens with one attached hydrogen (secondary N) is 4. The number of anilines is 2. The number of pyridine rings is 2. The first kappa shape index (κ1) is 37.1. The minimum Gasteiger partial charge on any atom is -0.506 e. The molecule has 6 rings (SSSR count). The summed E-state index contributed by atoms with van der Waals surface area (Å²) in [5.74, 6) is 0.161. The van der Waals surface area contributed by atoms with Gasteiger partial charge in [0.2, 0.25) is 0 Å². The average molecular weight is 754 g/mol. The Labute approximate surface area is 295 Å². The summed E-state index contributed by atoms with van der Waals surface area (Å²) in [7, 11) is -7.38. The number of fused-ring (bicyclic) bond motifs is 2. The van der Waals surface area contributed by atoms with Crippen LogP contribution in [0.15, 0.2) is 119 Å². The monoisotopic (exact) mass is 752 g/mol. The number of hydrogen-bond acceptors (Lipinski definition) is 12. The van der Waals surface area contributed by atoms with Gasteiger partial charge in [-0.2, -0.15) is 0 Å². The molecule has 0 aliphatic carbocycles. The number of phenolic OH excluding ortho intramolecular Hbond substituents is 2. The maximum absolute atomic E-state index is 12.2. The number of nitrogens with zero attached hydrogens (tertiary/aromatic N) is 2. The normalized spacial score (nSPS) is 11.4. The molecule has 4 aromatic carbocycles. The third-order valence-corrected chi connectivity index (χ3v) is 9.64. The molecule has 0 aliphatic heterocycles. The Kier molecular flexibility index (Phi) is 12.2. The summed E-state index contributed by atoms with van der Waals surface area (Å²) in [5, 5.41) is 21.1. The van der Waals surface area contributed by atoms with E-state index in [1.165, 1.54) is 60.7 Å². The molecule has 0 aliphatic rings. The van der Waals surface area contributed by atoms with E-state index in [2.05, 4.69) is 30.5 Å². The van der Waals surface area contributed by atoms with Crippen LogP contribution in [0.25, 0.3) is 21.8 Å². The zero-order valence-corrected chi connectivity index (χ0v) is 30.5. The van der Waals surface area contributed by atoms with Crippen molar-refractivity contribution in [1.29, 1.82) is 0 Å². The summed E-state index contributed by atoms with van der Waals surface area (Å²) in [6.07, 6.45) is 3.17. The standard InChI is InChI=1S/2C16H16N4O3S.Zn/c2*17-12-4-6-13(7-5-12)24(22,23)20-19-10-11-3-8-15(21)16-14(11)2-1-9-18-16;/h2*1-9,19-21H,10,17H2;. The molecule has 0 saturated heterocycles. The fourth-order valence-electron chi connectivity index (χ4n) is 4.61. The first-order valence-electron chi connectivity index (χ1n) is 14.3. The van der Waals surface area contributed by atoms with E-state index >= 15 is 0 Å². The molecule has 2 heterocycles. The van der Waals surface area contributed by atoms with Gasteiger partial charge in [-0.1, -0.05) is 24.3 Å². The third kappa shape index (κ3) is 9.24. The van der Waals surface area contributed by atoms with Crippen LogP contribution in [0.5, 0.6) is 11.5 Å². The summed E-state index contributed by atoms with van der Waals surface area (Å²) in [6, 6.07) is 25.4. The van der Waals surface area contributed by atoms with Crippen LogP contribution >= 0.6 is 0 Å². The molecule has 0 amide bonds. The van der Waals surface area contributed by atoms with Gasteiger partial charge in [-0.15, -0.1) is 9.66 Å². The Morgan fingerprint density at radius 1 is 0.551 bits per heavy atom. The minimum atomic E-state index is -3.69. The summed E-state index contributed by atoms with van der Waals surface area (Å²) in [6.45, 7) is 0.466. The number of nitrogens with two attached hydrogens (primary N) is 2. The van der Waals surface area contributed by atoms with E-state index in [1.807, 2.05) is 12.1 Å². The first-order valence-corrected chi connectivity index (χ1v) is 17.2. The molecule has 49 heavy (non-hydrogen) atoms. The number of hydrazine groups is 2. The number of nitrogen functional groups attached to an aromatic ring is 2. The molecule has 0 fully saturated rings. The Balaban J connectivity index is 0.000000216. The van der Waals surface area contributed by atoms with Crippen molar-refractivity contribution < 1.29 is 46.5 Å². The van der Waals surface area contributed by atoms with Crippen molar-refractivity contribution in [3.05, 3.63) is 121 Å². The third-order valence-electron chi connectivity index (χ3n) is 7.03. The fraction of sp³-hybridized carbons (Fsp3) is 0.0625. The van der Waals surface area contributed by atoms with Crippen LogP contribution < -0.4 is 32.0 Å². The quantitative estimate of drug-likeness (QED) is 0.0573. The first-order chi connectivity index (χ1) is 22.9. The van der Waals surface area contributed by atoms with Gasteiger partial charge in [0.15, 0.2) is 0 Å². The van der Waals surface area contributed by atoms with Crippen molar-refractivity contribution in [3.8, 4) is 11.5 Å². The molecule has 0 unspecified atom stereocenters. The van der Waals surface area contributed by atoms with Crippen molar-refractivity contribution in [1.82, 2.24) is 30.5 Å². The Hall–Kier alpha value is -4.74. The van der Waals surface area contributed by atoms with Crippen molar-refractivity contribution in [3.63, 3.8) is 0 Å². The van der Waals surface area contributed by atoms with Crippen LogP contribution in [-0.4, -0.2) is 37.0 Å². The molecule has 6 aromatic rings. The zero-order chi connectivity index (χ0) is 34.3. The summed E-state index contributed by atoms with van der Waals surface area (Å²) >= 11 is 0. The van der Waals surface area contributed by atoms with E-state index < -0.39 is 20.0 Å². The maximum Gasteiger partial charge on any atom is 0.253 e. The molecule has 2 aromatic heterocycles. The van der Waals surface area contributed by atoms with Crippen molar-refractivity contribution in [2.24, 2.45) is 0 Å². The Morgan fingerprint density at radius 3 is 1.29 bits per heavy atom. The van der Waals surface area contributed by atoms with E-state index in [0.717, 1.165) is 21.9 Å². The average Bonchev–Trinajstić information content (AvgIpc) is 3.08. The molecule has 0 radical (unpaired) electrons. The Bertz CT molecular complexity index is 2110. The van der Waals surface area contributed by atoms with Gasteiger partial charge in [0.1, 0.15) is 22.5 Å². The van der Waals surface area contributed by atoms with Crippen LogP contribution in [0.4, 0.5) is 11.4 Å². The second-order valence-electron chi connectivity index (χ2n) is 10.3. The number of rotatable bonds is 10. The number of sulfonamides is 2. The van der Waals surface area contributed by atoms with Crippen molar-refractivity contribution in [2.75, 3.05) is 11.5 Å². The maximum atomic E-state index is 12.2. The van der Waals surface area contributed by atoms with E-state index in [0.29, 0.717) is 22.4 Å². The second kappa shape index (κ2) is 16.1.